The molecule has 5 heteroatoms. The molecule has 1 amide bonds. The second-order valence-corrected chi connectivity index (χ2v) is 5.95. The highest BCUT2D eigenvalue weighted by Crippen LogP contribution is 2.17. The van der Waals surface area contributed by atoms with E-state index in [9.17, 15) is 14.0 Å². The molecule has 0 bridgehead atoms. The topological polar surface area (TPSA) is 49.4 Å². The number of ketones is 1. The molecule has 1 fully saturated rings. The van der Waals surface area contributed by atoms with Crippen molar-refractivity contribution < 1.29 is 14.0 Å². The smallest absolute Gasteiger partial charge is 0.223 e. The number of hydrogen-bond acceptors (Lipinski definition) is 3. The normalized spacial score (nSPS) is 19.8. The molecule has 1 heterocycles. The quantitative estimate of drug-likeness (QED) is 0.849. The average molecular weight is 306 g/mol. The summed E-state index contributed by atoms with van der Waals surface area (Å²) in [6.45, 7) is 3.17. The van der Waals surface area contributed by atoms with Crippen LogP contribution in [0, 0.1) is 11.7 Å². The molecule has 1 aliphatic heterocycles. The van der Waals surface area contributed by atoms with Gasteiger partial charge in [-0.2, -0.15) is 0 Å². The number of amides is 1. The van der Waals surface area contributed by atoms with Gasteiger partial charge in [0.05, 0.1) is 0 Å². The van der Waals surface area contributed by atoms with Gasteiger partial charge in [-0.1, -0.05) is 19.1 Å². The van der Waals surface area contributed by atoms with Gasteiger partial charge in [0.1, 0.15) is 5.82 Å². The fourth-order valence-electron chi connectivity index (χ4n) is 2.85. The molecule has 4 nitrogen and oxygen atoms in total. The van der Waals surface area contributed by atoms with Gasteiger partial charge in [-0.25, -0.2) is 4.39 Å². The molecule has 1 aromatic rings. The van der Waals surface area contributed by atoms with Crippen LogP contribution in [0.1, 0.15) is 36.5 Å². The first kappa shape index (κ1) is 16.6. The molecule has 0 spiro atoms. The minimum Gasteiger partial charge on any atom is -0.341 e. The van der Waals surface area contributed by atoms with Crippen LogP contribution >= 0.6 is 0 Å². The molecule has 1 aromatic carbocycles. The molecule has 0 aliphatic carbocycles. The van der Waals surface area contributed by atoms with Crippen molar-refractivity contribution in [3.8, 4) is 0 Å². The van der Waals surface area contributed by atoms with E-state index in [-0.39, 0.29) is 18.1 Å². The number of carbonyl (C=O) groups is 2. The van der Waals surface area contributed by atoms with E-state index in [1.807, 2.05) is 11.9 Å². The Kier molecular flexibility index (Phi) is 5.66. The zero-order chi connectivity index (χ0) is 16.1. The predicted octanol–water partition coefficient (Wildman–Crippen LogP) is 2.24. The Balaban J connectivity index is 1.94. The first-order valence-corrected chi connectivity index (χ1v) is 7.76. The summed E-state index contributed by atoms with van der Waals surface area (Å²) in [6, 6.07) is 5.95. The molecule has 22 heavy (non-hydrogen) atoms. The number of likely N-dealkylation sites (N-methyl/N-ethyl adjacent to an activating group) is 1. The number of nitrogens with one attached hydrogen (secondary N) is 1. The van der Waals surface area contributed by atoms with Crippen molar-refractivity contribution in [3.63, 3.8) is 0 Å². The summed E-state index contributed by atoms with van der Waals surface area (Å²) in [5.74, 6) is -1.06. The first-order valence-electron chi connectivity index (χ1n) is 7.76. The zero-order valence-electron chi connectivity index (χ0n) is 13.1. The van der Waals surface area contributed by atoms with Crippen molar-refractivity contribution in [2.24, 2.45) is 5.92 Å². The molecule has 0 radical (unpaired) electrons. The Labute approximate surface area is 130 Å². The van der Waals surface area contributed by atoms with Gasteiger partial charge in [-0.3, -0.25) is 9.59 Å². The van der Waals surface area contributed by atoms with E-state index >= 15 is 0 Å². The van der Waals surface area contributed by atoms with Crippen LogP contribution in [0.3, 0.4) is 0 Å². The number of Topliss-reactive ketones (excluding diaryl/α,β-unsaturated/α-hetero) is 1. The van der Waals surface area contributed by atoms with Crippen molar-refractivity contribution >= 4 is 11.7 Å². The standard InChI is InChI=1S/C17H23FN2O2/c1-12(17(22)13-5-3-6-14(18)10-13)9-16(21)20-8-4-7-15(11-20)19-2/h3,5-6,10,12,15,19H,4,7-9,11H2,1-2H3. The lowest BCUT2D eigenvalue weighted by Crippen LogP contribution is -2.47. The number of benzene rings is 1. The maximum Gasteiger partial charge on any atom is 0.223 e. The van der Waals surface area contributed by atoms with Crippen molar-refractivity contribution in [2.45, 2.75) is 32.2 Å². The summed E-state index contributed by atoms with van der Waals surface area (Å²) in [7, 11) is 1.90. The molecule has 2 rings (SSSR count). The van der Waals surface area contributed by atoms with Crippen LogP contribution in [0.25, 0.3) is 0 Å². The van der Waals surface area contributed by atoms with Crippen LogP contribution in [0.2, 0.25) is 0 Å². The molecule has 1 aliphatic rings. The number of piperidine rings is 1. The van der Waals surface area contributed by atoms with E-state index in [0.29, 0.717) is 18.2 Å². The van der Waals surface area contributed by atoms with Crippen molar-refractivity contribution in [1.82, 2.24) is 10.2 Å². The summed E-state index contributed by atoms with van der Waals surface area (Å²) in [5, 5.41) is 3.19. The van der Waals surface area contributed by atoms with Crippen LogP contribution in [-0.4, -0.2) is 42.8 Å². The van der Waals surface area contributed by atoms with Crippen LogP contribution < -0.4 is 5.32 Å². The minimum absolute atomic E-state index is 0.00259. The Morgan fingerprint density at radius 1 is 1.45 bits per heavy atom. The molecule has 0 aromatic heterocycles. The minimum atomic E-state index is -0.440. The van der Waals surface area contributed by atoms with Crippen LogP contribution in [0.4, 0.5) is 4.39 Å². The number of nitrogens with zero attached hydrogens (tertiary/aromatic N) is 1. The fourth-order valence-corrected chi connectivity index (χ4v) is 2.85. The third-order valence-electron chi connectivity index (χ3n) is 4.22. The Hall–Kier alpha value is -1.75. The Morgan fingerprint density at radius 3 is 2.91 bits per heavy atom. The van der Waals surface area contributed by atoms with E-state index < -0.39 is 11.7 Å². The van der Waals surface area contributed by atoms with E-state index in [4.69, 9.17) is 0 Å². The maximum atomic E-state index is 13.2. The molecule has 120 valence electrons. The second kappa shape index (κ2) is 7.49. The number of likely N-dealkylation sites (tertiary alicyclic amines) is 1. The van der Waals surface area contributed by atoms with Gasteiger partial charge in [0, 0.05) is 37.0 Å². The molecule has 0 saturated carbocycles. The molecule has 1 N–H and O–H groups in total. The van der Waals surface area contributed by atoms with Gasteiger partial charge in [-0.05, 0) is 32.0 Å². The van der Waals surface area contributed by atoms with Gasteiger partial charge in [0.15, 0.2) is 5.78 Å². The number of hydrogen-bond donors (Lipinski definition) is 1. The molecular formula is C17H23FN2O2. The number of halogens is 1. The lowest BCUT2D eigenvalue weighted by atomic mass is 9.95. The summed E-state index contributed by atoms with van der Waals surface area (Å²) >= 11 is 0. The second-order valence-electron chi connectivity index (χ2n) is 5.95. The van der Waals surface area contributed by atoms with Crippen LogP contribution in [0.5, 0.6) is 0 Å². The van der Waals surface area contributed by atoms with E-state index in [0.717, 1.165) is 19.4 Å². The van der Waals surface area contributed by atoms with Gasteiger partial charge in [0.2, 0.25) is 5.91 Å². The van der Waals surface area contributed by atoms with E-state index in [2.05, 4.69) is 5.32 Å². The predicted molar refractivity (Wildman–Crippen MR) is 83.2 cm³/mol. The largest absolute Gasteiger partial charge is 0.341 e. The monoisotopic (exact) mass is 306 g/mol. The highest BCUT2D eigenvalue weighted by atomic mass is 19.1. The number of rotatable bonds is 5. The molecule has 2 atom stereocenters. The summed E-state index contributed by atoms with van der Waals surface area (Å²) in [6.07, 6.45) is 2.22. The Morgan fingerprint density at radius 2 is 2.23 bits per heavy atom. The SMILES string of the molecule is CNC1CCCN(C(=O)CC(C)C(=O)c2cccc(F)c2)C1. The van der Waals surface area contributed by atoms with Gasteiger partial charge in [0.25, 0.3) is 0 Å². The fraction of sp³-hybridized carbons (Fsp3) is 0.529. The molecular weight excluding hydrogens is 283 g/mol. The van der Waals surface area contributed by atoms with Crippen LogP contribution in [0.15, 0.2) is 24.3 Å². The highest BCUT2D eigenvalue weighted by Gasteiger charge is 2.26. The lowest BCUT2D eigenvalue weighted by molar-refractivity contribution is -0.133. The third-order valence-corrected chi connectivity index (χ3v) is 4.22. The summed E-state index contributed by atoms with van der Waals surface area (Å²) in [4.78, 5) is 26.4. The van der Waals surface area contributed by atoms with Gasteiger partial charge >= 0.3 is 0 Å². The van der Waals surface area contributed by atoms with Gasteiger partial charge < -0.3 is 10.2 Å². The van der Waals surface area contributed by atoms with Crippen molar-refractivity contribution in [2.75, 3.05) is 20.1 Å². The van der Waals surface area contributed by atoms with E-state index in [1.54, 1.807) is 13.0 Å². The average Bonchev–Trinajstić information content (AvgIpc) is 2.54. The first-order chi connectivity index (χ1) is 10.5. The highest BCUT2D eigenvalue weighted by molar-refractivity contribution is 5.99. The van der Waals surface area contributed by atoms with Crippen molar-refractivity contribution in [3.05, 3.63) is 35.6 Å². The lowest BCUT2D eigenvalue weighted by Gasteiger charge is -2.33. The molecule has 1 saturated heterocycles. The van der Waals surface area contributed by atoms with Crippen LogP contribution in [-0.2, 0) is 4.79 Å². The molecule has 2 unspecified atom stereocenters. The summed E-state index contributed by atoms with van der Waals surface area (Å²) in [5.41, 5.74) is 0.326. The maximum absolute atomic E-state index is 13.2. The number of carbonyl (C=O) groups excluding carboxylic acids is 2. The van der Waals surface area contributed by atoms with Gasteiger partial charge in [-0.15, -0.1) is 0 Å². The van der Waals surface area contributed by atoms with E-state index in [1.165, 1.54) is 18.2 Å². The van der Waals surface area contributed by atoms with Crippen molar-refractivity contribution in [1.29, 1.82) is 0 Å². The zero-order valence-corrected chi connectivity index (χ0v) is 13.1. The Bertz CT molecular complexity index is 547. The third kappa shape index (κ3) is 4.13. The summed E-state index contributed by atoms with van der Waals surface area (Å²) < 4.78 is 13.2.